The van der Waals surface area contributed by atoms with E-state index in [0.29, 0.717) is 51.5 Å². The number of halogens is 1. The first kappa shape index (κ1) is 24.8. The standard InChI is InChI=1S/C28H23ClN2O5S/c1-3-35-19-11-7-16(8-12-19)24-23(25(32)17-5-9-18(29)10-6-17)26(33)27(34)31(24)28-30-21-14-13-20(36-4-2)15-22(21)37-28/h5-15,24,32H,3-4H2,1-2H3/t24-/m1/s1. The van der Waals surface area contributed by atoms with Crippen molar-refractivity contribution in [1.29, 1.82) is 0 Å². The molecule has 1 saturated heterocycles. The maximum absolute atomic E-state index is 13.4. The first-order chi connectivity index (χ1) is 17.9. The van der Waals surface area contributed by atoms with E-state index in [9.17, 15) is 14.7 Å². The molecule has 1 atom stereocenters. The van der Waals surface area contributed by atoms with Crippen molar-refractivity contribution in [3.8, 4) is 11.5 Å². The fourth-order valence-electron chi connectivity index (χ4n) is 4.27. The lowest BCUT2D eigenvalue weighted by Gasteiger charge is -2.23. The van der Waals surface area contributed by atoms with E-state index in [-0.39, 0.29) is 11.3 Å². The van der Waals surface area contributed by atoms with Crippen LogP contribution in [-0.4, -0.2) is 35.0 Å². The molecule has 1 aliphatic heterocycles. The summed E-state index contributed by atoms with van der Waals surface area (Å²) in [5.74, 6) is -0.488. The van der Waals surface area contributed by atoms with Crippen molar-refractivity contribution in [2.24, 2.45) is 0 Å². The number of thiazole rings is 1. The fourth-order valence-corrected chi connectivity index (χ4v) is 5.42. The van der Waals surface area contributed by atoms with Crippen molar-refractivity contribution in [1.82, 2.24) is 4.98 Å². The van der Waals surface area contributed by atoms with Gasteiger partial charge in [-0.05, 0) is 74.0 Å². The lowest BCUT2D eigenvalue weighted by Crippen LogP contribution is -2.29. The van der Waals surface area contributed by atoms with E-state index < -0.39 is 17.7 Å². The highest BCUT2D eigenvalue weighted by molar-refractivity contribution is 7.22. The molecule has 1 amide bonds. The van der Waals surface area contributed by atoms with Gasteiger partial charge < -0.3 is 14.6 Å². The van der Waals surface area contributed by atoms with Crippen LogP contribution in [0.2, 0.25) is 5.02 Å². The number of carbonyl (C=O) groups is 2. The molecule has 1 aromatic heterocycles. The molecule has 37 heavy (non-hydrogen) atoms. The van der Waals surface area contributed by atoms with Crippen LogP contribution in [0.5, 0.6) is 11.5 Å². The summed E-state index contributed by atoms with van der Waals surface area (Å²) in [4.78, 5) is 32.8. The minimum atomic E-state index is -0.890. The summed E-state index contributed by atoms with van der Waals surface area (Å²) < 4.78 is 12.0. The van der Waals surface area contributed by atoms with Crippen molar-refractivity contribution in [2.45, 2.75) is 19.9 Å². The molecule has 0 bridgehead atoms. The number of ketones is 1. The van der Waals surface area contributed by atoms with Gasteiger partial charge in [-0.15, -0.1) is 0 Å². The van der Waals surface area contributed by atoms with Crippen molar-refractivity contribution >= 4 is 55.7 Å². The number of aromatic nitrogens is 1. The molecule has 7 nitrogen and oxygen atoms in total. The highest BCUT2D eigenvalue weighted by atomic mass is 35.5. The smallest absolute Gasteiger partial charge is 0.301 e. The van der Waals surface area contributed by atoms with Crippen LogP contribution in [0.1, 0.15) is 31.0 Å². The molecule has 3 aromatic carbocycles. The van der Waals surface area contributed by atoms with Crippen LogP contribution in [0.4, 0.5) is 5.13 Å². The highest BCUT2D eigenvalue weighted by Gasteiger charge is 2.48. The molecule has 0 spiro atoms. The Morgan fingerprint density at radius 1 is 0.973 bits per heavy atom. The Labute approximate surface area is 222 Å². The SMILES string of the molecule is CCOc1ccc([C@@H]2C(=C(O)c3ccc(Cl)cc3)C(=O)C(=O)N2c2nc3ccc(OCC)cc3s2)cc1. The quantitative estimate of drug-likeness (QED) is 0.168. The summed E-state index contributed by atoms with van der Waals surface area (Å²) in [5.41, 5.74) is 1.66. The number of aliphatic hydroxyl groups is 1. The number of rotatable bonds is 7. The number of hydrogen-bond acceptors (Lipinski definition) is 7. The van der Waals surface area contributed by atoms with E-state index in [1.54, 1.807) is 48.5 Å². The molecule has 0 saturated carbocycles. The summed E-state index contributed by atoms with van der Waals surface area (Å²) in [7, 11) is 0. The maximum Gasteiger partial charge on any atom is 0.301 e. The van der Waals surface area contributed by atoms with Gasteiger partial charge in [0.2, 0.25) is 0 Å². The van der Waals surface area contributed by atoms with Crippen molar-refractivity contribution in [2.75, 3.05) is 18.1 Å². The molecule has 1 fully saturated rings. The van der Waals surface area contributed by atoms with Crippen molar-refractivity contribution < 1.29 is 24.2 Å². The van der Waals surface area contributed by atoms with Crippen LogP contribution in [0.15, 0.2) is 72.3 Å². The third kappa shape index (κ3) is 4.65. The number of amides is 1. The van der Waals surface area contributed by atoms with Crippen LogP contribution in [0.3, 0.4) is 0 Å². The molecule has 5 rings (SSSR count). The number of Topliss-reactive ketones (excluding diaryl/α,β-unsaturated/α-hetero) is 1. The summed E-state index contributed by atoms with van der Waals surface area (Å²) in [6.07, 6.45) is 0. The Morgan fingerprint density at radius 2 is 1.62 bits per heavy atom. The Morgan fingerprint density at radius 3 is 2.30 bits per heavy atom. The van der Waals surface area contributed by atoms with Gasteiger partial charge in [0, 0.05) is 10.6 Å². The third-order valence-corrected chi connectivity index (χ3v) is 7.20. The van der Waals surface area contributed by atoms with Gasteiger partial charge in [-0.2, -0.15) is 0 Å². The normalized spacial score (nSPS) is 16.9. The van der Waals surface area contributed by atoms with Crippen LogP contribution in [-0.2, 0) is 9.59 Å². The number of carbonyl (C=O) groups excluding carboxylic acids is 2. The molecule has 1 N–H and O–H groups in total. The molecule has 9 heteroatoms. The number of hydrogen-bond donors (Lipinski definition) is 1. The topological polar surface area (TPSA) is 89.0 Å². The van der Waals surface area contributed by atoms with Gasteiger partial charge in [0.25, 0.3) is 5.78 Å². The maximum atomic E-state index is 13.4. The van der Waals surface area contributed by atoms with Gasteiger partial charge in [-0.25, -0.2) is 4.98 Å². The zero-order chi connectivity index (χ0) is 26.1. The summed E-state index contributed by atoms with van der Waals surface area (Å²) in [5, 5.41) is 12.1. The lowest BCUT2D eigenvalue weighted by atomic mass is 9.95. The molecular weight excluding hydrogens is 512 g/mol. The molecule has 0 radical (unpaired) electrons. The largest absolute Gasteiger partial charge is 0.507 e. The average molecular weight is 535 g/mol. The molecular formula is C28H23ClN2O5S. The van der Waals surface area contributed by atoms with E-state index in [1.807, 2.05) is 32.0 Å². The number of aliphatic hydroxyl groups excluding tert-OH is 1. The number of benzene rings is 3. The second-order valence-corrected chi connectivity index (χ2v) is 9.68. The second-order valence-electron chi connectivity index (χ2n) is 8.24. The first-order valence-corrected chi connectivity index (χ1v) is 12.9. The fraction of sp³-hybridized carbons (Fsp3) is 0.179. The van der Waals surface area contributed by atoms with Crippen LogP contribution >= 0.6 is 22.9 Å². The van der Waals surface area contributed by atoms with E-state index in [2.05, 4.69) is 4.98 Å². The van der Waals surface area contributed by atoms with Gasteiger partial charge in [0.05, 0.1) is 35.0 Å². The third-order valence-electron chi connectivity index (χ3n) is 5.93. The molecule has 1 aliphatic rings. The number of nitrogens with zero attached hydrogens (tertiary/aromatic N) is 2. The zero-order valence-electron chi connectivity index (χ0n) is 20.1. The number of anilines is 1. The van der Waals surface area contributed by atoms with Crippen LogP contribution < -0.4 is 14.4 Å². The zero-order valence-corrected chi connectivity index (χ0v) is 21.7. The van der Waals surface area contributed by atoms with E-state index in [4.69, 9.17) is 21.1 Å². The van der Waals surface area contributed by atoms with E-state index in [0.717, 1.165) is 4.70 Å². The van der Waals surface area contributed by atoms with Gasteiger partial charge in [0.15, 0.2) is 5.13 Å². The van der Waals surface area contributed by atoms with Gasteiger partial charge in [0.1, 0.15) is 17.3 Å². The molecule has 0 aliphatic carbocycles. The Hall–Kier alpha value is -3.88. The van der Waals surface area contributed by atoms with Gasteiger partial charge in [-0.1, -0.05) is 35.1 Å². The molecule has 4 aromatic rings. The Kier molecular flexibility index (Phi) is 6.86. The van der Waals surface area contributed by atoms with E-state index >= 15 is 0 Å². The minimum Gasteiger partial charge on any atom is -0.507 e. The van der Waals surface area contributed by atoms with Crippen LogP contribution in [0, 0.1) is 0 Å². The number of ether oxygens (including phenoxy) is 2. The minimum absolute atomic E-state index is 0.0225. The first-order valence-electron chi connectivity index (χ1n) is 11.7. The average Bonchev–Trinajstić information content (AvgIpc) is 3.43. The molecule has 0 unspecified atom stereocenters. The van der Waals surface area contributed by atoms with Crippen molar-refractivity contribution in [3.63, 3.8) is 0 Å². The Bertz CT molecular complexity index is 1510. The second kappa shape index (κ2) is 10.2. The van der Waals surface area contributed by atoms with Crippen LogP contribution in [0.25, 0.3) is 16.0 Å². The van der Waals surface area contributed by atoms with Gasteiger partial charge in [-0.3, -0.25) is 14.5 Å². The lowest BCUT2D eigenvalue weighted by molar-refractivity contribution is -0.132. The van der Waals surface area contributed by atoms with Crippen molar-refractivity contribution in [3.05, 3.63) is 88.5 Å². The summed E-state index contributed by atoms with van der Waals surface area (Å²) in [6, 6.07) is 18.1. The monoisotopic (exact) mass is 534 g/mol. The predicted molar refractivity (Wildman–Crippen MR) is 145 cm³/mol. The summed E-state index contributed by atoms with van der Waals surface area (Å²) >= 11 is 7.29. The summed E-state index contributed by atoms with van der Waals surface area (Å²) in [6.45, 7) is 4.82. The predicted octanol–water partition coefficient (Wildman–Crippen LogP) is 6.37. The molecule has 188 valence electrons. The highest BCUT2D eigenvalue weighted by Crippen LogP contribution is 2.45. The molecule has 2 heterocycles. The van der Waals surface area contributed by atoms with Gasteiger partial charge >= 0.3 is 5.91 Å². The van der Waals surface area contributed by atoms with E-state index in [1.165, 1.54) is 16.2 Å². The number of fused-ring (bicyclic) bond motifs is 1. The Balaban J connectivity index is 1.67.